The molecule has 4 nitrogen and oxygen atoms in total. The maximum atomic E-state index is 11.2. The van der Waals surface area contributed by atoms with Crippen molar-refractivity contribution in [2.45, 2.75) is 52.2 Å². The lowest BCUT2D eigenvalue weighted by molar-refractivity contribution is 0.0874. The standard InChI is InChI=1S/C14H25N3OS/c1-4-5-11-7-17(13(6-15-11)10(2)3)8-12-9-19-14(18)16-12/h9-11,13,15H,4-8H2,1-3H3,(H,16,18). The predicted octanol–water partition coefficient (Wildman–Crippen LogP) is 2.03. The molecule has 0 amide bonds. The lowest BCUT2D eigenvalue weighted by atomic mass is 9.97. The van der Waals surface area contributed by atoms with Crippen molar-refractivity contribution in [1.29, 1.82) is 0 Å². The molecule has 2 heterocycles. The SMILES string of the molecule is CCCC1CN(Cc2csc(=O)[nH]2)C(C(C)C)CN1. The Morgan fingerprint density at radius 1 is 1.53 bits per heavy atom. The van der Waals surface area contributed by atoms with Crippen LogP contribution in [0.1, 0.15) is 39.3 Å². The number of hydrogen-bond acceptors (Lipinski definition) is 4. The summed E-state index contributed by atoms with van der Waals surface area (Å²) in [7, 11) is 0. The van der Waals surface area contributed by atoms with E-state index in [1.807, 2.05) is 5.38 Å². The highest BCUT2D eigenvalue weighted by molar-refractivity contribution is 7.07. The summed E-state index contributed by atoms with van der Waals surface area (Å²) in [5.74, 6) is 0.625. The smallest absolute Gasteiger partial charge is 0.304 e. The van der Waals surface area contributed by atoms with Crippen LogP contribution in [0.3, 0.4) is 0 Å². The van der Waals surface area contributed by atoms with E-state index in [0.717, 1.165) is 25.3 Å². The minimum atomic E-state index is 0.0522. The van der Waals surface area contributed by atoms with E-state index in [-0.39, 0.29) is 4.87 Å². The third kappa shape index (κ3) is 3.91. The summed E-state index contributed by atoms with van der Waals surface area (Å²) >= 11 is 1.26. The molecule has 1 aromatic rings. The number of hydrogen-bond donors (Lipinski definition) is 2. The largest absolute Gasteiger partial charge is 0.315 e. The van der Waals surface area contributed by atoms with Crippen molar-refractivity contribution in [3.8, 4) is 0 Å². The van der Waals surface area contributed by atoms with Gasteiger partial charge in [0.25, 0.3) is 0 Å². The molecule has 5 heteroatoms. The van der Waals surface area contributed by atoms with Crippen LogP contribution in [-0.4, -0.2) is 35.1 Å². The minimum absolute atomic E-state index is 0.0522. The van der Waals surface area contributed by atoms with Crippen molar-refractivity contribution in [2.75, 3.05) is 13.1 Å². The number of aromatic amines is 1. The van der Waals surface area contributed by atoms with Crippen molar-refractivity contribution >= 4 is 11.3 Å². The Morgan fingerprint density at radius 3 is 2.89 bits per heavy atom. The summed E-state index contributed by atoms with van der Waals surface area (Å²) in [5, 5.41) is 5.62. The Labute approximate surface area is 119 Å². The predicted molar refractivity (Wildman–Crippen MR) is 80.7 cm³/mol. The van der Waals surface area contributed by atoms with Crippen LogP contribution in [0.15, 0.2) is 10.2 Å². The fourth-order valence-corrected chi connectivity index (χ4v) is 3.46. The molecule has 1 aliphatic rings. The summed E-state index contributed by atoms with van der Waals surface area (Å²) < 4.78 is 0. The average molecular weight is 283 g/mol. The summed E-state index contributed by atoms with van der Waals surface area (Å²) in [4.78, 5) is 16.8. The van der Waals surface area contributed by atoms with E-state index in [9.17, 15) is 4.79 Å². The van der Waals surface area contributed by atoms with Crippen molar-refractivity contribution in [3.05, 3.63) is 20.7 Å². The van der Waals surface area contributed by atoms with Gasteiger partial charge in [-0.2, -0.15) is 0 Å². The Balaban J connectivity index is 2.04. The number of nitrogens with one attached hydrogen (secondary N) is 2. The zero-order chi connectivity index (χ0) is 13.8. The number of piperazine rings is 1. The number of H-pyrrole nitrogens is 1. The number of nitrogens with zero attached hydrogens (tertiary/aromatic N) is 1. The molecule has 19 heavy (non-hydrogen) atoms. The molecule has 1 fully saturated rings. The van der Waals surface area contributed by atoms with Crippen LogP contribution in [0.25, 0.3) is 0 Å². The zero-order valence-electron chi connectivity index (χ0n) is 12.1. The van der Waals surface area contributed by atoms with Gasteiger partial charge in [-0.25, -0.2) is 0 Å². The maximum Gasteiger partial charge on any atom is 0.304 e. The molecule has 2 unspecified atom stereocenters. The summed E-state index contributed by atoms with van der Waals surface area (Å²) in [6, 6.07) is 1.14. The summed E-state index contributed by atoms with van der Waals surface area (Å²) in [5.41, 5.74) is 1.05. The van der Waals surface area contributed by atoms with Gasteiger partial charge in [-0.05, 0) is 12.3 Å². The van der Waals surface area contributed by atoms with Crippen LogP contribution in [0.5, 0.6) is 0 Å². The van der Waals surface area contributed by atoms with E-state index in [1.54, 1.807) is 0 Å². The Kier molecular flexibility index (Phi) is 5.19. The maximum absolute atomic E-state index is 11.2. The van der Waals surface area contributed by atoms with Crippen molar-refractivity contribution < 1.29 is 0 Å². The van der Waals surface area contributed by atoms with E-state index >= 15 is 0 Å². The highest BCUT2D eigenvalue weighted by atomic mass is 32.1. The first-order valence-electron chi connectivity index (χ1n) is 7.24. The van der Waals surface area contributed by atoms with Crippen molar-refractivity contribution in [3.63, 3.8) is 0 Å². The van der Waals surface area contributed by atoms with Gasteiger partial charge in [0.15, 0.2) is 0 Å². The molecule has 0 aromatic carbocycles. The molecule has 1 aromatic heterocycles. The molecule has 2 rings (SSSR count). The molecular weight excluding hydrogens is 258 g/mol. The van der Waals surface area contributed by atoms with Gasteiger partial charge in [0, 0.05) is 42.8 Å². The normalized spacial score (nSPS) is 25.1. The lowest BCUT2D eigenvalue weighted by Gasteiger charge is -2.42. The van der Waals surface area contributed by atoms with Gasteiger partial charge in [-0.15, -0.1) is 0 Å². The summed E-state index contributed by atoms with van der Waals surface area (Å²) in [6.45, 7) is 9.78. The molecular formula is C14H25N3OS. The van der Waals surface area contributed by atoms with Gasteiger partial charge in [-0.3, -0.25) is 9.69 Å². The van der Waals surface area contributed by atoms with Crippen LogP contribution in [0.4, 0.5) is 0 Å². The van der Waals surface area contributed by atoms with Crippen molar-refractivity contribution in [2.24, 2.45) is 5.92 Å². The van der Waals surface area contributed by atoms with E-state index in [1.165, 1.54) is 24.2 Å². The first kappa shape index (κ1) is 14.8. The van der Waals surface area contributed by atoms with Crippen LogP contribution in [-0.2, 0) is 6.54 Å². The molecule has 0 saturated carbocycles. The second-order valence-corrected chi connectivity index (χ2v) is 6.65. The highest BCUT2D eigenvalue weighted by Gasteiger charge is 2.29. The molecule has 0 bridgehead atoms. The fourth-order valence-electron chi connectivity index (χ4n) is 2.89. The molecule has 2 atom stereocenters. The number of thiazole rings is 1. The van der Waals surface area contributed by atoms with Gasteiger partial charge in [0.1, 0.15) is 0 Å². The molecule has 2 N–H and O–H groups in total. The van der Waals surface area contributed by atoms with Gasteiger partial charge < -0.3 is 10.3 Å². The number of rotatable bonds is 5. The molecule has 108 valence electrons. The van der Waals surface area contributed by atoms with E-state index in [0.29, 0.717) is 18.0 Å². The van der Waals surface area contributed by atoms with Gasteiger partial charge in [0.05, 0.1) is 0 Å². The molecule has 0 aliphatic carbocycles. The van der Waals surface area contributed by atoms with E-state index < -0.39 is 0 Å². The third-order valence-corrected chi connectivity index (χ3v) is 4.61. The van der Waals surface area contributed by atoms with Gasteiger partial charge in [-0.1, -0.05) is 38.5 Å². The monoisotopic (exact) mass is 283 g/mol. The number of aromatic nitrogens is 1. The van der Waals surface area contributed by atoms with Crippen LogP contribution >= 0.6 is 11.3 Å². The van der Waals surface area contributed by atoms with E-state index in [4.69, 9.17) is 0 Å². The fraction of sp³-hybridized carbons (Fsp3) is 0.786. The Hall–Kier alpha value is -0.650. The van der Waals surface area contributed by atoms with Gasteiger partial charge >= 0.3 is 4.87 Å². The molecule has 0 radical (unpaired) electrons. The Bertz CT molecular complexity index is 440. The second kappa shape index (κ2) is 6.68. The quantitative estimate of drug-likeness (QED) is 0.869. The second-order valence-electron chi connectivity index (χ2n) is 5.81. The van der Waals surface area contributed by atoms with Gasteiger partial charge in [0.2, 0.25) is 0 Å². The zero-order valence-corrected chi connectivity index (χ0v) is 12.9. The topological polar surface area (TPSA) is 48.1 Å². The average Bonchev–Trinajstić information content (AvgIpc) is 2.75. The lowest BCUT2D eigenvalue weighted by Crippen LogP contribution is -2.57. The third-order valence-electron chi connectivity index (χ3n) is 3.89. The minimum Gasteiger partial charge on any atom is -0.315 e. The first-order valence-corrected chi connectivity index (χ1v) is 8.12. The van der Waals surface area contributed by atoms with Crippen LogP contribution < -0.4 is 10.2 Å². The van der Waals surface area contributed by atoms with Crippen molar-refractivity contribution in [1.82, 2.24) is 15.2 Å². The molecule has 0 spiro atoms. The van der Waals surface area contributed by atoms with Crippen LogP contribution in [0.2, 0.25) is 0 Å². The van der Waals surface area contributed by atoms with E-state index in [2.05, 4.69) is 36.0 Å². The first-order chi connectivity index (χ1) is 9.10. The Morgan fingerprint density at radius 2 is 2.32 bits per heavy atom. The molecule has 1 saturated heterocycles. The summed E-state index contributed by atoms with van der Waals surface area (Å²) in [6.07, 6.45) is 2.44. The van der Waals surface area contributed by atoms with Crippen LogP contribution in [0, 0.1) is 5.92 Å². The molecule has 1 aliphatic heterocycles. The highest BCUT2D eigenvalue weighted by Crippen LogP contribution is 2.19.